The molecule has 0 aliphatic carbocycles. The highest BCUT2D eigenvalue weighted by Crippen LogP contribution is 2.38. The van der Waals surface area contributed by atoms with Gasteiger partial charge >= 0.3 is 0 Å². The van der Waals surface area contributed by atoms with Crippen LogP contribution >= 0.6 is 38.9 Å². The molecule has 3 aromatic carbocycles. The molecule has 3 heterocycles. The van der Waals surface area contributed by atoms with E-state index >= 15 is 0 Å². The summed E-state index contributed by atoms with van der Waals surface area (Å²) in [4.78, 5) is 33.7. The summed E-state index contributed by atoms with van der Waals surface area (Å²) in [7, 11) is 0. The van der Waals surface area contributed by atoms with Gasteiger partial charge in [-0.25, -0.2) is 0 Å². The maximum absolute atomic E-state index is 13.7. The molecule has 0 N–H and O–H groups in total. The van der Waals surface area contributed by atoms with Crippen molar-refractivity contribution in [2.24, 2.45) is 0 Å². The van der Waals surface area contributed by atoms with Crippen LogP contribution in [0.1, 0.15) is 11.1 Å². The van der Waals surface area contributed by atoms with E-state index in [1.807, 2.05) is 60.7 Å². The van der Waals surface area contributed by atoms with Gasteiger partial charge in [0.15, 0.2) is 5.82 Å². The Morgan fingerprint density at radius 3 is 2.47 bits per heavy atom. The van der Waals surface area contributed by atoms with Crippen molar-refractivity contribution in [1.82, 2.24) is 14.6 Å². The molecule has 5 aromatic rings. The topological polar surface area (TPSA) is 67.6 Å². The molecule has 1 aliphatic rings. The number of carbonyl (C=O) groups excluding carboxylic acids is 1. The smallest absolute Gasteiger partial charge is 0.291 e. The number of halogens is 2. The first-order valence-electron chi connectivity index (χ1n) is 10.3. The number of anilines is 1. The molecule has 1 amide bonds. The van der Waals surface area contributed by atoms with Gasteiger partial charge in [-0.1, -0.05) is 81.3 Å². The Balaban J connectivity index is 1.51. The molecular weight excluding hydrogens is 536 g/mol. The third kappa shape index (κ3) is 3.46. The first kappa shape index (κ1) is 21.2. The van der Waals surface area contributed by atoms with Crippen molar-refractivity contribution in [3.8, 4) is 11.4 Å². The summed E-state index contributed by atoms with van der Waals surface area (Å²) in [5.74, 6) is 0.249. The molecule has 0 spiro atoms. The van der Waals surface area contributed by atoms with Crippen molar-refractivity contribution in [3.63, 3.8) is 0 Å². The lowest BCUT2D eigenvalue weighted by atomic mass is 10.1. The van der Waals surface area contributed by atoms with Gasteiger partial charge in [-0.3, -0.25) is 9.59 Å². The van der Waals surface area contributed by atoms with E-state index in [-0.39, 0.29) is 11.5 Å². The van der Waals surface area contributed by atoms with Crippen LogP contribution in [0.2, 0.25) is 5.02 Å². The second kappa shape index (κ2) is 8.16. The standard InChI is InChI=1S/C25H14BrClN4O2S/c26-16-8-11-19-18(12-16)20(23(32)30(19)13-14-6-9-17(27)10-7-14)21-24(33)31-25(34-21)28-22(29-31)15-4-2-1-3-5-15/h1-12H,13H2. The first-order chi connectivity index (χ1) is 16.5. The minimum Gasteiger partial charge on any atom is -0.303 e. The SMILES string of the molecule is O=C1C(=c2sc3nc(-c4ccccc4)nn3c2=O)c2cc(Br)ccc2N1Cc1ccc(Cl)cc1. The number of amides is 1. The van der Waals surface area contributed by atoms with Gasteiger partial charge < -0.3 is 4.90 Å². The van der Waals surface area contributed by atoms with Crippen molar-refractivity contribution >= 4 is 61.0 Å². The minimum atomic E-state index is -0.350. The number of carbonyl (C=O) groups is 1. The summed E-state index contributed by atoms with van der Waals surface area (Å²) < 4.78 is 2.43. The Morgan fingerprint density at radius 1 is 0.971 bits per heavy atom. The van der Waals surface area contributed by atoms with E-state index in [1.165, 1.54) is 15.9 Å². The van der Waals surface area contributed by atoms with Crippen LogP contribution in [0.25, 0.3) is 21.9 Å². The fourth-order valence-electron chi connectivity index (χ4n) is 4.05. The van der Waals surface area contributed by atoms with Gasteiger partial charge in [-0.2, -0.15) is 9.50 Å². The largest absolute Gasteiger partial charge is 0.303 e. The normalized spacial score (nSPS) is 14.8. The fraction of sp³-hybridized carbons (Fsp3) is 0.0400. The van der Waals surface area contributed by atoms with Crippen molar-refractivity contribution in [2.75, 3.05) is 4.90 Å². The van der Waals surface area contributed by atoms with Gasteiger partial charge in [0.25, 0.3) is 11.5 Å². The van der Waals surface area contributed by atoms with Crippen LogP contribution in [-0.2, 0) is 11.3 Å². The summed E-state index contributed by atoms with van der Waals surface area (Å²) in [5.41, 5.74) is 3.24. The molecular formula is C25H14BrClN4O2S. The number of nitrogens with zero attached hydrogens (tertiary/aromatic N) is 4. The molecule has 34 heavy (non-hydrogen) atoms. The number of aromatic nitrogens is 3. The molecule has 6 nitrogen and oxygen atoms in total. The highest BCUT2D eigenvalue weighted by molar-refractivity contribution is 9.10. The Bertz CT molecular complexity index is 1700. The van der Waals surface area contributed by atoms with E-state index < -0.39 is 0 Å². The summed E-state index contributed by atoms with van der Waals surface area (Å²) in [5, 5.41) is 5.04. The Labute approximate surface area is 210 Å². The van der Waals surface area contributed by atoms with Gasteiger partial charge in [-0.05, 0) is 35.9 Å². The van der Waals surface area contributed by atoms with Crippen LogP contribution in [0.3, 0.4) is 0 Å². The van der Waals surface area contributed by atoms with E-state index in [1.54, 1.807) is 17.0 Å². The number of thiazole rings is 1. The third-order valence-electron chi connectivity index (χ3n) is 5.65. The van der Waals surface area contributed by atoms with Crippen LogP contribution < -0.4 is 15.0 Å². The van der Waals surface area contributed by atoms with Crippen LogP contribution in [-0.4, -0.2) is 20.5 Å². The van der Waals surface area contributed by atoms with E-state index in [4.69, 9.17) is 11.6 Å². The number of hydrogen-bond acceptors (Lipinski definition) is 5. The molecule has 0 saturated carbocycles. The van der Waals surface area contributed by atoms with E-state index in [9.17, 15) is 9.59 Å². The number of rotatable bonds is 3. The molecule has 0 atom stereocenters. The van der Waals surface area contributed by atoms with Crippen molar-refractivity contribution in [3.05, 3.63) is 108 Å². The summed E-state index contributed by atoms with van der Waals surface area (Å²) in [6.45, 7) is 0.362. The van der Waals surface area contributed by atoms with Crippen LogP contribution in [0.5, 0.6) is 0 Å². The maximum atomic E-state index is 13.7. The molecule has 0 saturated heterocycles. The summed E-state index contributed by atoms with van der Waals surface area (Å²) in [6, 6.07) is 22.5. The molecule has 2 aromatic heterocycles. The molecule has 0 radical (unpaired) electrons. The molecule has 0 fully saturated rings. The molecule has 0 bridgehead atoms. The van der Waals surface area contributed by atoms with Crippen molar-refractivity contribution in [2.45, 2.75) is 6.54 Å². The average molecular weight is 550 g/mol. The van der Waals surface area contributed by atoms with Crippen molar-refractivity contribution in [1.29, 1.82) is 0 Å². The Kier molecular flexibility index (Phi) is 5.09. The highest BCUT2D eigenvalue weighted by Gasteiger charge is 2.34. The monoisotopic (exact) mass is 548 g/mol. The van der Waals surface area contributed by atoms with Gasteiger partial charge in [-0.15, -0.1) is 5.10 Å². The Morgan fingerprint density at radius 2 is 1.74 bits per heavy atom. The zero-order chi connectivity index (χ0) is 23.4. The predicted octanol–water partition coefficient (Wildman–Crippen LogP) is 4.70. The van der Waals surface area contributed by atoms with E-state index in [0.29, 0.717) is 38.0 Å². The van der Waals surface area contributed by atoms with Gasteiger partial charge in [0, 0.05) is 20.6 Å². The molecule has 6 rings (SSSR count). The lowest BCUT2D eigenvalue weighted by molar-refractivity contribution is -0.113. The lowest BCUT2D eigenvalue weighted by Gasteiger charge is -2.17. The zero-order valence-corrected chi connectivity index (χ0v) is 20.6. The molecule has 1 aliphatic heterocycles. The van der Waals surface area contributed by atoms with E-state index in [2.05, 4.69) is 26.0 Å². The summed E-state index contributed by atoms with van der Waals surface area (Å²) in [6.07, 6.45) is 0. The van der Waals surface area contributed by atoms with Crippen molar-refractivity contribution < 1.29 is 4.79 Å². The number of fused-ring (bicyclic) bond motifs is 2. The second-order valence-electron chi connectivity index (χ2n) is 7.79. The maximum Gasteiger partial charge on any atom is 0.291 e. The number of benzene rings is 3. The second-order valence-corrected chi connectivity index (χ2v) is 10.1. The summed E-state index contributed by atoms with van der Waals surface area (Å²) >= 11 is 10.7. The fourth-order valence-corrected chi connectivity index (χ4v) is 5.53. The number of hydrogen-bond donors (Lipinski definition) is 0. The molecule has 9 heteroatoms. The third-order valence-corrected chi connectivity index (χ3v) is 7.42. The zero-order valence-electron chi connectivity index (χ0n) is 17.4. The lowest BCUT2D eigenvalue weighted by Crippen LogP contribution is -2.32. The molecule has 166 valence electrons. The van der Waals surface area contributed by atoms with Gasteiger partial charge in [0.05, 0.1) is 17.8 Å². The van der Waals surface area contributed by atoms with Gasteiger partial charge in [0.1, 0.15) is 4.53 Å². The quantitative estimate of drug-likeness (QED) is 0.327. The predicted molar refractivity (Wildman–Crippen MR) is 137 cm³/mol. The van der Waals surface area contributed by atoms with Crippen LogP contribution in [0.4, 0.5) is 5.69 Å². The van der Waals surface area contributed by atoms with E-state index in [0.717, 1.165) is 21.3 Å². The minimum absolute atomic E-state index is 0.229. The van der Waals surface area contributed by atoms with Crippen LogP contribution in [0.15, 0.2) is 82.1 Å². The highest BCUT2D eigenvalue weighted by atomic mass is 79.9. The first-order valence-corrected chi connectivity index (χ1v) is 12.3. The van der Waals surface area contributed by atoms with Crippen LogP contribution in [0, 0.1) is 0 Å². The van der Waals surface area contributed by atoms with Gasteiger partial charge in [0.2, 0.25) is 4.96 Å². The average Bonchev–Trinajstić information content (AvgIpc) is 3.47. The Hall–Kier alpha value is -3.33. The molecule has 0 unspecified atom stereocenters.